The van der Waals surface area contributed by atoms with E-state index in [-0.39, 0.29) is 12.8 Å². The van der Waals surface area contributed by atoms with Crippen molar-refractivity contribution < 1.29 is 24.6 Å². The van der Waals surface area contributed by atoms with Gasteiger partial charge in [-0.2, -0.15) is 0 Å². The third-order valence-electron chi connectivity index (χ3n) is 3.62. The Morgan fingerprint density at radius 2 is 1.65 bits per heavy atom. The molecule has 6 nitrogen and oxygen atoms in total. The number of carbonyl (C=O) groups is 3. The average Bonchev–Trinajstić information content (AvgIpc) is 2.49. The second kappa shape index (κ2) is 12.7. The average molecular weight is 327 g/mol. The zero-order valence-corrected chi connectivity index (χ0v) is 14.1. The van der Waals surface area contributed by atoms with Gasteiger partial charge in [0.2, 0.25) is 5.91 Å². The standard InChI is InChI=1S/C17H29NO5/c1-3-4-5-6-7-8-9-10-13(2)16(21)18-14(17(22)23)11-12-15(19)20/h10,14H,3-9,11-12H2,1-2H3,(H,18,21)(H,19,20)(H,22,23)/t14-/m0/s1. The minimum atomic E-state index is -1.22. The van der Waals surface area contributed by atoms with Crippen LogP contribution >= 0.6 is 0 Å². The topological polar surface area (TPSA) is 104 Å². The fraction of sp³-hybridized carbons (Fsp3) is 0.706. The number of aliphatic carboxylic acids is 2. The van der Waals surface area contributed by atoms with E-state index in [1.807, 2.05) is 6.08 Å². The van der Waals surface area contributed by atoms with Gasteiger partial charge in [0.15, 0.2) is 0 Å². The van der Waals surface area contributed by atoms with Crippen molar-refractivity contribution in [3.8, 4) is 0 Å². The molecule has 0 spiro atoms. The molecule has 0 unspecified atom stereocenters. The van der Waals surface area contributed by atoms with Gasteiger partial charge in [-0.25, -0.2) is 4.79 Å². The van der Waals surface area contributed by atoms with Gasteiger partial charge in [0.05, 0.1) is 0 Å². The molecule has 0 aromatic heterocycles. The highest BCUT2D eigenvalue weighted by Crippen LogP contribution is 2.09. The molecule has 0 heterocycles. The Morgan fingerprint density at radius 3 is 2.22 bits per heavy atom. The molecule has 0 aromatic rings. The molecule has 1 amide bonds. The smallest absolute Gasteiger partial charge is 0.326 e. The molecule has 0 aliphatic carbocycles. The van der Waals surface area contributed by atoms with Gasteiger partial charge in [0.25, 0.3) is 0 Å². The maximum absolute atomic E-state index is 11.9. The molecule has 0 fully saturated rings. The Labute approximate surface area is 138 Å². The van der Waals surface area contributed by atoms with Crippen LogP contribution < -0.4 is 5.32 Å². The van der Waals surface area contributed by atoms with E-state index in [0.29, 0.717) is 5.57 Å². The van der Waals surface area contributed by atoms with Crippen LogP contribution in [0.1, 0.15) is 71.6 Å². The van der Waals surface area contributed by atoms with Gasteiger partial charge in [-0.05, 0) is 26.2 Å². The lowest BCUT2D eigenvalue weighted by Crippen LogP contribution is -2.41. The van der Waals surface area contributed by atoms with Crippen molar-refractivity contribution in [2.75, 3.05) is 0 Å². The number of hydrogen-bond donors (Lipinski definition) is 3. The second-order valence-electron chi connectivity index (χ2n) is 5.74. The molecule has 0 saturated heterocycles. The molecule has 6 heteroatoms. The first-order valence-electron chi connectivity index (χ1n) is 8.30. The summed E-state index contributed by atoms with van der Waals surface area (Å²) in [5, 5.41) is 20.0. The van der Waals surface area contributed by atoms with Gasteiger partial charge in [-0.3, -0.25) is 9.59 Å². The molecule has 0 aromatic carbocycles. The zero-order valence-electron chi connectivity index (χ0n) is 14.1. The fourth-order valence-electron chi connectivity index (χ4n) is 2.13. The molecular formula is C17H29NO5. The second-order valence-corrected chi connectivity index (χ2v) is 5.74. The monoisotopic (exact) mass is 327 g/mol. The lowest BCUT2D eigenvalue weighted by atomic mass is 10.1. The first kappa shape index (κ1) is 21.1. The van der Waals surface area contributed by atoms with E-state index >= 15 is 0 Å². The maximum atomic E-state index is 11.9. The first-order chi connectivity index (χ1) is 10.9. The van der Waals surface area contributed by atoms with Gasteiger partial charge in [-0.1, -0.05) is 45.1 Å². The summed E-state index contributed by atoms with van der Waals surface area (Å²) in [5.41, 5.74) is 0.472. The Kier molecular flexibility index (Phi) is 11.7. The quantitative estimate of drug-likeness (QED) is 0.356. The predicted octanol–water partition coefficient (Wildman–Crippen LogP) is 3.12. The molecule has 0 rings (SSSR count). The highest BCUT2D eigenvalue weighted by atomic mass is 16.4. The van der Waals surface area contributed by atoms with Gasteiger partial charge >= 0.3 is 11.9 Å². The number of hydrogen-bond acceptors (Lipinski definition) is 3. The normalized spacial score (nSPS) is 12.7. The molecule has 23 heavy (non-hydrogen) atoms. The van der Waals surface area contributed by atoms with Crippen LogP contribution in [-0.2, 0) is 14.4 Å². The first-order valence-corrected chi connectivity index (χ1v) is 8.30. The number of carboxylic acids is 2. The minimum absolute atomic E-state index is 0.124. The molecule has 3 N–H and O–H groups in total. The van der Waals surface area contributed by atoms with Crippen LogP contribution in [0.3, 0.4) is 0 Å². The molecule has 0 saturated carbocycles. The molecule has 0 radical (unpaired) electrons. The van der Waals surface area contributed by atoms with Crippen molar-refractivity contribution in [3.63, 3.8) is 0 Å². The van der Waals surface area contributed by atoms with E-state index < -0.39 is 23.9 Å². The minimum Gasteiger partial charge on any atom is -0.481 e. The van der Waals surface area contributed by atoms with Gasteiger partial charge in [0, 0.05) is 12.0 Å². The zero-order chi connectivity index (χ0) is 17.7. The number of rotatable bonds is 13. The number of allylic oxidation sites excluding steroid dienone is 1. The summed E-state index contributed by atoms with van der Waals surface area (Å²) in [6, 6.07) is -1.17. The number of carboxylic acid groups (broad SMARTS) is 2. The van der Waals surface area contributed by atoms with Crippen LogP contribution in [0.5, 0.6) is 0 Å². The van der Waals surface area contributed by atoms with Crippen LogP contribution in [0.4, 0.5) is 0 Å². The van der Waals surface area contributed by atoms with Gasteiger partial charge < -0.3 is 15.5 Å². The predicted molar refractivity (Wildman–Crippen MR) is 88.2 cm³/mol. The summed E-state index contributed by atoms with van der Waals surface area (Å²) in [6.07, 6.45) is 9.22. The van der Waals surface area contributed by atoms with Crippen molar-refractivity contribution in [1.29, 1.82) is 0 Å². The van der Waals surface area contributed by atoms with Crippen molar-refractivity contribution in [2.45, 2.75) is 77.7 Å². The third kappa shape index (κ3) is 11.4. The van der Waals surface area contributed by atoms with E-state index in [2.05, 4.69) is 12.2 Å². The third-order valence-corrected chi connectivity index (χ3v) is 3.62. The lowest BCUT2D eigenvalue weighted by molar-refractivity contribution is -0.142. The lowest BCUT2D eigenvalue weighted by Gasteiger charge is -2.13. The molecule has 1 atom stereocenters. The molecule has 132 valence electrons. The van der Waals surface area contributed by atoms with Crippen LogP contribution in [0, 0.1) is 0 Å². The molecule has 0 aliphatic heterocycles. The molecular weight excluding hydrogens is 298 g/mol. The summed E-state index contributed by atoms with van der Waals surface area (Å²) in [6.45, 7) is 3.81. The van der Waals surface area contributed by atoms with Crippen molar-refractivity contribution in [1.82, 2.24) is 5.32 Å². The van der Waals surface area contributed by atoms with E-state index in [0.717, 1.165) is 19.3 Å². The number of amides is 1. The van der Waals surface area contributed by atoms with Gasteiger partial charge in [-0.15, -0.1) is 0 Å². The summed E-state index contributed by atoms with van der Waals surface area (Å²) >= 11 is 0. The van der Waals surface area contributed by atoms with E-state index in [4.69, 9.17) is 10.2 Å². The summed E-state index contributed by atoms with van der Waals surface area (Å²) in [4.78, 5) is 33.4. The largest absolute Gasteiger partial charge is 0.481 e. The maximum Gasteiger partial charge on any atom is 0.326 e. The molecule has 0 bridgehead atoms. The van der Waals surface area contributed by atoms with Crippen LogP contribution in [0.2, 0.25) is 0 Å². The van der Waals surface area contributed by atoms with E-state index in [1.165, 1.54) is 25.7 Å². The Hall–Kier alpha value is -1.85. The number of carbonyl (C=O) groups excluding carboxylic acids is 1. The molecule has 0 aliphatic rings. The SMILES string of the molecule is CCCCCCCCC=C(C)C(=O)N[C@@H](CCC(=O)O)C(=O)O. The van der Waals surface area contributed by atoms with Gasteiger partial charge in [0.1, 0.15) is 6.04 Å². The van der Waals surface area contributed by atoms with Crippen molar-refractivity contribution in [2.24, 2.45) is 0 Å². The van der Waals surface area contributed by atoms with Crippen LogP contribution in [-0.4, -0.2) is 34.1 Å². The Morgan fingerprint density at radius 1 is 1.04 bits per heavy atom. The van der Waals surface area contributed by atoms with Crippen LogP contribution in [0.15, 0.2) is 11.6 Å². The van der Waals surface area contributed by atoms with Crippen molar-refractivity contribution in [3.05, 3.63) is 11.6 Å². The summed E-state index contributed by atoms with van der Waals surface area (Å²) < 4.78 is 0. The Balaban J connectivity index is 4.16. The van der Waals surface area contributed by atoms with E-state index in [1.54, 1.807) is 6.92 Å². The summed E-state index contributed by atoms with van der Waals surface area (Å²) in [7, 11) is 0. The van der Waals surface area contributed by atoms with E-state index in [9.17, 15) is 14.4 Å². The Bertz CT molecular complexity index is 417. The highest BCUT2D eigenvalue weighted by Gasteiger charge is 2.21. The van der Waals surface area contributed by atoms with Crippen molar-refractivity contribution >= 4 is 17.8 Å². The summed E-state index contributed by atoms with van der Waals surface area (Å²) in [5.74, 6) is -2.75. The highest BCUT2D eigenvalue weighted by molar-refractivity contribution is 5.95. The van der Waals surface area contributed by atoms with Crippen LogP contribution in [0.25, 0.3) is 0 Å². The number of nitrogens with one attached hydrogen (secondary N) is 1. The number of unbranched alkanes of at least 4 members (excludes halogenated alkanes) is 6. The fourth-order valence-corrected chi connectivity index (χ4v) is 2.13.